The molecule has 1 unspecified atom stereocenters. The van der Waals surface area contributed by atoms with Crippen LogP contribution < -0.4 is 15.4 Å². The third kappa shape index (κ3) is 5.60. The lowest BCUT2D eigenvalue weighted by Crippen LogP contribution is -2.37. The number of thiophene rings is 1. The molecule has 0 saturated heterocycles. The van der Waals surface area contributed by atoms with Crippen molar-refractivity contribution in [3.63, 3.8) is 0 Å². The van der Waals surface area contributed by atoms with E-state index in [1.54, 1.807) is 25.5 Å². The fraction of sp³-hybridized carbons (Fsp3) is 0.389. The molecule has 0 amide bonds. The van der Waals surface area contributed by atoms with Crippen LogP contribution in [0.15, 0.2) is 46.1 Å². The molecule has 1 heterocycles. The summed E-state index contributed by atoms with van der Waals surface area (Å²) in [5.74, 6) is 2.23. The average molecular weight is 331 g/mol. The number of aliphatic imine (C=N–C) groups is 1. The van der Waals surface area contributed by atoms with Crippen LogP contribution >= 0.6 is 11.3 Å². The topological polar surface area (TPSA) is 45.7 Å². The average Bonchev–Trinajstić information content (AvgIpc) is 3.11. The molecule has 124 valence electrons. The van der Waals surface area contributed by atoms with Crippen LogP contribution in [0.2, 0.25) is 0 Å². The van der Waals surface area contributed by atoms with Crippen LogP contribution in [0.5, 0.6) is 5.75 Å². The van der Waals surface area contributed by atoms with E-state index in [0.29, 0.717) is 5.92 Å². The lowest BCUT2D eigenvalue weighted by atomic mass is 9.98. The molecule has 0 aliphatic rings. The Morgan fingerprint density at radius 2 is 2.00 bits per heavy atom. The third-order valence-corrected chi connectivity index (χ3v) is 4.55. The van der Waals surface area contributed by atoms with Gasteiger partial charge in [-0.25, -0.2) is 0 Å². The summed E-state index contributed by atoms with van der Waals surface area (Å²) in [7, 11) is 3.49. The molecule has 5 heteroatoms. The van der Waals surface area contributed by atoms with Gasteiger partial charge in [-0.2, -0.15) is 11.3 Å². The van der Waals surface area contributed by atoms with E-state index in [0.717, 1.165) is 31.2 Å². The Morgan fingerprint density at radius 1 is 1.22 bits per heavy atom. The number of hydrogen-bond acceptors (Lipinski definition) is 3. The summed E-state index contributed by atoms with van der Waals surface area (Å²) in [6.45, 7) is 3.93. The van der Waals surface area contributed by atoms with Crippen molar-refractivity contribution in [1.29, 1.82) is 0 Å². The number of ether oxygens (including phenoxy) is 1. The minimum atomic E-state index is 0.489. The van der Waals surface area contributed by atoms with Gasteiger partial charge in [-0.15, -0.1) is 0 Å². The van der Waals surface area contributed by atoms with Crippen molar-refractivity contribution in [2.75, 3.05) is 20.7 Å². The number of methoxy groups -OCH3 is 1. The molecule has 0 aliphatic carbocycles. The summed E-state index contributed by atoms with van der Waals surface area (Å²) in [4.78, 5) is 4.26. The van der Waals surface area contributed by atoms with Gasteiger partial charge in [0.1, 0.15) is 5.75 Å². The van der Waals surface area contributed by atoms with E-state index < -0.39 is 0 Å². The number of benzene rings is 1. The largest absolute Gasteiger partial charge is 0.497 e. The van der Waals surface area contributed by atoms with Gasteiger partial charge in [0.2, 0.25) is 0 Å². The summed E-state index contributed by atoms with van der Waals surface area (Å²) in [6.07, 6.45) is 1.05. The van der Waals surface area contributed by atoms with Gasteiger partial charge in [0, 0.05) is 20.1 Å². The normalized spacial score (nSPS) is 12.7. The number of guanidine groups is 1. The van der Waals surface area contributed by atoms with Gasteiger partial charge in [-0.1, -0.05) is 19.1 Å². The monoisotopic (exact) mass is 331 g/mol. The minimum absolute atomic E-state index is 0.489. The van der Waals surface area contributed by atoms with Gasteiger partial charge in [0.05, 0.1) is 7.11 Å². The van der Waals surface area contributed by atoms with Crippen LogP contribution in [0.4, 0.5) is 0 Å². The molecule has 0 spiro atoms. The Bertz CT molecular complexity index is 593. The van der Waals surface area contributed by atoms with Crippen molar-refractivity contribution in [2.24, 2.45) is 4.99 Å². The quantitative estimate of drug-likeness (QED) is 0.602. The van der Waals surface area contributed by atoms with Crippen molar-refractivity contribution in [3.8, 4) is 5.75 Å². The Labute approximate surface area is 142 Å². The summed E-state index contributed by atoms with van der Waals surface area (Å²) < 4.78 is 5.20. The molecule has 1 aromatic carbocycles. The third-order valence-electron chi connectivity index (χ3n) is 3.82. The zero-order chi connectivity index (χ0) is 16.5. The van der Waals surface area contributed by atoms with Crippen LogP contribution in [-0.4, -0.2) is 26.7 Å². The van der Waals surface area contributed by atoms with Gasteiger partial charge >= 0.3 is 0 Å². The predicted molar refractivity (Wildman–Crippen MR) is 98.5 cm³/mol. The van der Waals surface area contributed by atoms with E-state index >= 15 is 0 Å². The Morgan fingerprint density at radius 3 is 2.61 bits per heavy atom. The van der Waals surface area contributed by atoms with E-state index in [1.165, 1.54) is 11.1 Å². The smallest absolute Gasteiger partial charge is 0.191 e. The van der Waals surface area contributed by atoms with E-state index in [-0.39, 0.29) is 0 Å². The maximum atomic E-state index is 5.20. The maximum absolute atomic E-state index is 5.20. The van der Waals surface area contributed by atoms with Gasteiger partial charge < -0.3 is 15.4 Å². The second kappa shape index (κ2) is 9.20. The maximum Gasteiger partial charge on any atom is 0.191 e. The SMILES string of the molecule is CN=C(NCCC(C)c1ccc(OC)cc1)NCc1ccsc1. The number of rotatable bonds is 7. The summed E-state index contributed by atoms with van der Waals surface area (Å²) in [5, 5.41) is 10.9. The van der Waals surface area contributed by atoms with Crippen LogP contribution in [-0.2, 0) is 6.54 Å². The summed E-state index contributed by atoms with van der Waals surface area (Å²) >= 11 is 1.71. The molecule has 2 N–H and O–H groups in total. The first kappa shape index (κ1) is 17.3. The van der Waals surface area contributed by atoms with Crippen molar-refractivity contribution in [2.45, 2.75) is 25.8 Å². The zero-order valence-electron chi connectivity index (χ0n) is 14.0. The van der Waals surface area contributed by atoms with Gasteiger partial charge in [-0.3, -0.25) is 4.99 Å². The molecule has 23 heavy (non-hydrogen) atoms. The highest BCUT2D eigenvalue weighted by atomic mass is 32.1. The molecule has 0 saturated carbocycles. The van der Waals surface area contributed by atoms with Crippen molar-refractivity contribution < 1.29 is 4.74 Å². The van der Waals surface area contributed by atoms with Crippen LogP contribution in [0.1, 0.15) is 30.4 Å². The molecule has 2 aromatic rings. The standard InChI is InChI=1S/C18H25N3OS/c1-14(16-4-6-17(22-3)7-5-16)8-10-20-18(19-2)21-12-15-9-11-23-13-15/h4-7,9,11,13-14H,8,10,12H2,1-3H3,(H2,19,20,21). The molecule has 1 aromatic heterocycles. The predicted octanol–water partition coefficient (Wildman–Crippen LogP) is 3.62. The fourth-order valence-corrected chi connectivity index (χ4v) is 2.97. The van der Waals surface area contributed by atoms with Gasteiger partial charge in [-0.05, 0) is 52.4 Å². The molecule has 4 nitrogen and oxygen atoms in total. The first-order valence-electron chi connectivity index (χ1n) is 7.82. The van der Waals surface area contributed by atoms with Crippen LogP contribution in [0, 0.1) is 0 Å². The highest BCUT2D eigenvalue weighted by Crippen LogP contribution is 2.21. The number of nitrogens with zero attached hydrogens (tertiary/aromatic N) is 1. The van der Waals surface area contributed by atoms with Crippen molar-refractivity contribution >= 4 is 17.3 Å². The van der Waals surface area contributed by atoms with Crippen LogP contribution in [0.3, 0.4) is 0 Å². The molecule has 1 atom stereocenters. The molecular weight excluding hydrogens is 306 g/mol. The Balaban J connectivity index is 1.73. The summed E-state index contributed by atoms with van der Waals surface area (Å²) in [6, 6.07) is 10.4. The second-order valence-electron chi connectivity index (χ2n) is 5.45. The molecule has 0 fully saturated rings. The Kier molecular flexibility index (Phi) is 6.94. The highest BCUT2D eigenvalue weighted by molar-refractivity contribution is 7.07. The minimum Gasteiger partial charge on any atom is -0.497 e. The van der Waals surface area contributed by atoms with E-state index in [1.807, 2.05) is 12.1 Å². The van der Waals surface area contributed by atoms with Gasteiger partial charge in [0.25, 0.3) is 0 Å². The van der Waals surface area contributed by atoms with Crippen molar-refractivity contribution in [3.05, 3.63) is 52.2 Å². The summed E-state index contributed by atoms with van der Waals surface area (Å²) in [5.41, 5.74) is 2.61. The van der Waals surface area contributed by atoms with E-state index in [4.69, 9.17) is 4.74 Å². The number of hydrogen-bond donors (Lipinski definition) is 2. The first-order chi connectivity index (χ1) is 11.2. The van der Waals surface area contributed by atoms with Crippen LogP contribution in [0.25, 0.3) is 0 Å². The molecule has 0 aliphatic heterocycles. The zero-order valence-corrected chi connectivity index (χ0v) is 14.8. The molecule has 0 bridgehead atoms. The molecular formula is C18H25N3OS. The molecule has 2 rings (SSSR count). The number of nitrogens with one attached hydrogen (secondary N) is 2. The molecule has 0 radical (unpaired) electrons. The van der Waals surface area contributed by atoms with E-state index in [2.05, 4.69) is 51.5 Å². The first-order valence-corrected chi connectivity index (χ1v) is 8.76. The van der Waals surface area contributed by atoms with E-state index in [9.17, 15) is 0 Å². The lowest BCUT2D eigenvalue weighted by Gasteiger charge is -2.15. The fourth-order valence-electron chi connectivity index (χ4n) is 2.31. The lowest BCUT2D eigenvalue weighted by molar-refractivity contribution is 0.414. The van der Waals surface area contributed by atoms with Crippen molar-refractivity contribution in [1.82, 2.24) is 10.6 Å². The Hall–Kier alpha value is -2.01. The highest BCUT2D eigenvalue weighted by Gasteiger charge is 2.06. The van der Waals surface area contributed by atoms with Gasteiger partial charge in [0.15, 0.2) is 5.96 Å². The second-order valence-corrected chi connectivity index (χ2v) is 6.23.